The highest BCUT2D eigenvalue weighted by molar-refractivity contribution is 7.14. The van der Waals surface area contributed by atoms with Crippen LogP contribution in [0.3, 0.4) is 0 Å². The zero-order valence-corrected chi connectivity index (χ0v) is 11.6. The molecule has 2 rings (SSSR count). The van der Waals surface area contributed by atoms with E-state index in [9.17, 15) is 0 Å². The summed E-state index contributed by atoms with van der Waals surface area (Å²) in [5.74, 6) is 0. The van der Waals surface area contributed by atoms with Crippen LogP contribution >= 0.6 is 11.3 Å². The van der Waals surface area contributed by atoms with Crippen molar-refractivity contribution in [3.63, 3.8) is 0 Å². The number of aromatic nitrogens is 3. The predicted octanol–water partition coefficient (Wildman–Crippen LogP) is 2.45. The molecule has 0 aromatic carbocycles. The van der Waals surface area contributed by atoms with Gasteiger partial charge >= 0.3 is 0 Å². The van der Waals surface area contributed by atoms with Crippen LogP contribution in [-0.2, 0) is 6.42 Å². The first kappa shape index (κ1) is 13.1. The Kier molecular flexibility index (Phi) is 4.78. The maximum absolute atomic E-state index is 4.23. The third-order valence-electron chi connectivity index (χ3n) is 2.58. The summed E-state index contributed by atoms with van der Waals surface area (Å²) in [5, 5.41) is 13.8. The van der Waals surface area contributed by atoms with Crippen molar-refractivity contribution in [1.82, 2.24) is 20.5 Å². The number of pyridine rings is 1. The third kappa shape index (κ3) is 3.58. The van der Waals surface area contributed by atoms with Crippen LogP contribution in [0.15, 0.2) is 18.5 Å². The molecule has 1 N–H and O–H groups in total. The topological polar surface area (TPSA) is 50.7 Å². The van der Waals surface area contributed by atoms with Gasteiger partial charge in [-0.1, -0.05) is 18.3 Å². The molecular weight excluding hydrogens is 244 g/mol. The number of rotatable bonds is 6. The normalized spacial score (nSPS) is 10.8. The smallest absolute Gasteiger partial charge is 0.149 e. The van der Waals surface area contributed by atoms with Crippen LogP contribution in [0.1, 0.15) is 23.9 Å². The Morgan fingerprint density at radius 1 is 1.28 bits per heavy atom. The van der Waals surface area contributed by atoms with E-state index in [1.807, 2.05) is 19.3 Å². The Morgan fingerprint density at radius 2 is 2.17 bits per heavy atom. The monoisotopic (exact) mass is 262 g/mol. The largest absolute Gasteiger partial charge is 0.317 e. The molecule has 0 atom stereocenters. The SMILES string of the molecule is CCNCCCc1nnc(-c2cncc(C)c2)s1. The Morgan fingerprint density at radius 3 is 2.94 bits per heavy atom. The molecule has 0 amide bonds. The number of aryl methyl sites for hydroxylation is 2. The quantitative estimate of drug-likeness (QED) is 0.812. The molecule has 18 heavy (non-hydrogen) atoms. The summed E-state index contributed by atoms with van der Waals surface area (Å²) >= 11 is 1.66. The van der Waals surface area contributed by atoms with Crippen molar-refractivity contribution in [1.29, 1.82) is 0 Å². The van der Waals surface area contributed by atoms with Gasteiger partial charge in [-0.05, 0) is 38.1 Å². The molecule has 0 aliphatic heterocycles. The van der Waals surface area contributed by atoms with Crippen molar-refractivity contribution in [2.45, 2.75) is 26.7 Å². The Balaban J connectivity index is 1.97. The van der Waals surface area contributed by atoms with Crippen LogP contribution in [0.4, 0.5) is 0 Å². The van der Waals surface area contributed by atoms with E-state index >= 15 is 0 Å². The van der Waals surface area contributed by atoms with Gasteiger partial charge < -0.3 is 5.32 Å². The molecule has 0 aliphatic rings. The molecule has 2 aromatic heterocycles. The summed E-state index contributed by atoms with van der Waals surface area (Å²) in [6, 6.07) is 2.09. The molecule has 96 valence electrons. The summed E-state index contributed by atoms with van der Waals surface area (Å²) < 4.78 is 0. The van der Waals surface area contributed by atoms with Gasteiger partial charge in [0.1, 0.15) is 10.0 Å². The highest BCUT2D eigenvalue weighted by Crippen LogP contribution is 2.23. The lowest BCUT2D eigenvalue weighted by molar-refractivity contribution is 0.669. The first-order valence-corrected chi connectivity index (χ1v) is 7.06. The van der Waals surface area contributed by atoms with E-state index in [4.69, 9.17) is 0 Å². The minimum absolute atomic E-state index is 0.963. The second-order valence-electron chi connectivity index (χ2n) is 4.21. The van der Waals surface area contributed by atoms with Crippen LogP contribution < -0.4 is 5.32 Å². The molecule has 0 radical (unpaired) electrons. The summed E-state index contributed by atoms with van der Waals surface area (Å²) in [7, 11) is 0. The molecule has 0 fully saturated rings. The van der Waals surface area contributed by atoms with Gasteiger partial charge in [-0.2, -0.15) is 0 Å². The molecule has 0 bridgehead atoms. The van der Waals surface area contributed by atoms with Gasteiger partial charge in [0.05, 0.1) is 0 Å². The zero-order valence-electron chi connectivity index (χ0n) is 10.8. The Hall–Kier alpha value is -1.33. The first-order valence-electron chi connectivity index (χ1n) is 6.24. The van der Waals surface area contributed by atoms with E-state index in [2.05, 4.69) is 33.5 Å². The zero-order chi connectivity index (χ0) is 12.8. The Labute approximate surface area is 111 Å². The highest BCUT2D eigenvalue weighted by atomic mass is 32.1. The lowest BCUT2D eigenvalue weighted by Gasteiger charge is -1.98. The summed E-state index contributed by atoms with van der Waals surface area (Å²) in [6.07, 6.45) is 5.79. The third-order valence-corrected chi connectivity index (χ3v) is 3.62. The van der Waals surface area contributed by atoms with E-state index in [0.29, 0.717) is 0 Å². The number of hydrogen-bond acceptors (Lipinski definition) is 5. The van der Waals surface area contributed by atoms with Crippen LogP contribution in [0.2, 0.25) is 0 Å². The first-order chi connectivity index (χ1) is 8.79. The van der Waals surface area contributed by atoms with E-state index in [1.165, 1.54) is 0 Å². The predicted molar refractivity (Wildman–Crippen MR) is 74.7 cm³/mol. The van der Waals surface area contributed by atoms with E-state index in [0.717, 1.165) is 47.1 Å². The fourth-order valence-corrected chi connectivity index (χ4v) is 2.55. The Bertz CT molecular complexity index is 495. The van der Waals surface area contributed by atoms with E-state index in [1.54, 1.807) is 11.3 Å². The van der Waals surface area contributed by atoms with Gasteiger partial charge in [0.25, 0.3) is 0 Å². The standard InChI is InChI=1S/C13H18N4S/c1-3-14-6-4-5-12-16-17-13(18-12)11-7-10(2)8-15-9-11/h7-9,14H,3-6H2,1-2H3. The van der Waals surface area contributed by atoms with Crippen LogP contribution in [0.25, 0.3) is 10.6 Å². The van der Waals surface area contributed by atoms with Crippen LogP contribution in [0, 0.1) is 6.92 Å². The molecule has 4 nitrogen and oxygen atoms in total. The fourth-order valence-electron chi connectivity index (χ4n) is 1.68. The van der Waals surface area contributed by atoms with Crippen molar-refractivity contribution in [3.05, 3.63) is 29.0 Å². The average Bonchev–Trinajstić information content (AvgIpc) is 2.83. The van der Waals surface area contributed by atoms with Crippen molar-refractivity contribution in [3.8, 4) is 10.6 Å². The molecule has 0 saturated heterocycles. The van der Waals surface area contributed by atoms with Crippen molar-refractivity contribution >= 4 is 11.3 Å². The molecule has 0 saturated carbocycles. The van der Waals surface area contributed by atoms with Gasteiger partial charge in [-0.25, -0.2) is 0 Å². The summed E-state index contributed by atoms with van der Waals surface area (Å²) in [5.41, 5.74) is 2.21. The summed E-state index contributed by atoms with van der Waals surface area (Å²) in [6.45, 7) is 6.22. The minimum Gasteiger partial charge on any atom is -0.317 e. The lowest BCUT2D eigenvalue weighted by Crippen LogP contribution is -2.14. The number of hydrogen-bond donors (Lipinski definition) is 1. The molecular formula is C13H18N4S. The number of nitrogens with one attached hydrogen (secondary N) is 1. The van der Waals surface area contributed by atoms with Crippen molar-refractivity contribution in [2.75, 3.05) is 13.1 Å². The van der Waals surface area contributed by atoms with E-state index < -0.39 is 0 Å². The summed E-state index contributed by atoms with van der Waals surface area (Å²) in [4.78, 5) is 4.19. The van der Waals surface area contributed by atoms with Crippen LogP contribution in [0.5, 0.6) is 0 Å². The fraction of sp³-hybridized carbons (Fsp3) is 0.462. The lowest BCUT2D eigenvalue weighted by atomic mass is 10.2. The molecule has 0 spiro atoms. The molecule has 2 aromatic rings. The van der Waals surface area contributed by atoms with Gasteiger partial charge in [0.2, 0.25) is 0 Å². The van der Waals surface area contributed by atoms with Crippen LogP contribution in [-0.4, -0.2) is 28.3 Å². The second-order valence-corrected chi connectivity index (χ2v) is 5.27. The minimum atomic E-state index is 0.963. The number of nitrogens with zero attached hydrogens (tertiary/aromatic N) is 3. The highest BCUT2D eigenvalue weighted by Gasteiger charge is 2.06. The van der Waals surface area contributed by atoms with Gasteiger partial charge in [-0.15, -0.1) is 10.2 Å². The second kappa shape index (κ2) is 6.56. The van der Waals surface area contributed by atoms with Gasteiger partial charge in [0.15, 0.2) is 0 Å². The molecule has 0 aliphatic carbocycles. The van der Waals surface area contributed by atoms with Gasteiger partial charge in [-0.3, -0.25) is 4.98 Å². The maximum Gasteiger partial charge on any atom is 0.149 e. The molecule has 5 heteroatoms. The van der Waals surface area contributed by atoms with E-state index in [-0.39, 0.29) is 0 Å². The average molecular weight is 262 g/mol. The van der Waals surface area contributed by atoms with Crippen molar-refractivity contribution in [2.24, 2.45) is 0 Å². The van der Waals surface area contributed by atoms with Gasteiger partial charge in [0, 0.05) is 24.4 Å². The van der Waals surface area contributed by atoms with Crippen molar-refractivity contribution < 1.29 is 0 Å². The molecule has 2 heterocycles. The molecule has 0 unspecified atom stereocenters. The maximum atomic E-state index is 4.23.